The fourth-order valence-electron chi connectivity index (χ4n) is 3.83. The van der Waals surface area contributed by atoms with Gasteiger partial charge in [0.2, 0.25) is 0 Å². The van der Waals surface area contributed by atoms with Gasteiger partial charge in [-0.1, -0.05) is 90.1 Å². The van der Waals surface area contributed by atoms with E-state index in [-0.39, 0.29) is 11.5 Å². The molecule has 0 saturated carbocycles. The fraction of sp³-hybridized carbons (Fsp3) is 0.0690. The molecule has 4 aromatic carbocycles. The van der Waals surface area contributed by atoms with E-state index in [0.29, 0.717) is 21.6 Å². The van der Waals surface area contributed by atoms with E-state index >= 15 is 0 Å². The van der Waals surface area contributed by atoms with Crippen LogP contribution in [0.15, 0.2) is 108 Å². The molecule has 0 fully saturated rings. The third-order valence-corrected chi connectivity index (χ3v) is 6.87. The Morgan fingerprint density at radius 2 is 1.53 bits per heavy atom. The molecule has 0 radical (unpaired) electrons. The quantitative estimate of drug-likeness (QED) is 0.162. The van der Waals surface area contributed by atoms with Crippen LogP contribution in [0.5, 0.6) is 5.75 Å². The molecule has 0 saturated heterocycles. The van der Waals surface area contributed by atoms with Gasteiger partial charge < -0.3 is 4.74 Å². The van der Waals surface area contributed by atoms with Crippen LogP contribution in [0.25, 0.3) is 28.2 Å². The summed E-state index contributed by atoms with van der Waals surface area (Å²) >= 11 is 7.47. The summed E-state index contributed by atoms with van der Waals surface area (Å²) in [5, 5.41) is 10.1. The second kappa shape index (κ2) is 10.8. The molecule has 178 valence electrons. The lowest BCUT2D eigenvalue weighted by molar-refractivity contribution is 0.102. The van der Waals surface area contributed by atoms with Crippen LogP contribution in [0.1, 0.15) is 10.4 Å². The van der Waals surface area contributed by atoms with Crippen molar-refractivity contribution in [3.63, 3.8) is 0 Å². The number of Topliss-reactive ketones (excluding diaryl/α,β-unsaturated/α-hetero) is 1. The van der Waals surface area contributed by atoms with Crippen LogP contribution in [-0.2, 0) is 0 Å². The van der Waals surface area contributed by atoms with Crippen molar-refractivity contribution in [2.45, 2.75) is 5.16 Å². The van der Waals surface area contributed by atoms with Crippen LogP contribution in [-0.4, -0.2) is 33.4 Å². The summed E-state index contributed by atoms with van der Waals surface area (Å²) in [6.07, 6.45) is 0. The van der Waals surface area contributed by atoms with Gasteiger partial charge in [-0.2, -0.15) is 0 Å². The number of thioether (sulfide) groups is 1. The van der Waals surface area contributed by atoms with Crippen molar-refractivity contribution >= 4 is 29.1 Å². The van der Waals surface area contributed by atoms with Gasteiger partial charge in [-0.15, -0.1) is 10.2 Å². The molecule has 0 aliphatic rings. The number of hydrogen-bond donors (Lipinski definition) is 0. The van der Waals surface area contributed by atoms with Crippen LogP contribution >= 0.6 is 23.4 Å². The van der Waals surface area contributed by atoms with Crippen molar-refractivity contribution in [2.24, 2.45) is 0 Å². The van der Waals surface area contributed by atoms with Crippen LogP contribution in [0, 0.1) is 0 Å². The van der Waals surface area contributed by atoms with Crippen LogP contribution in [0.3, 0.4) is 0 Å². The van der Waals surface area contributed by atoms with Crippen LogP contribution in [0.2, 0.25) is 5.02 Å². The molecule has 5 nitrogen and oxygen atoms in total. The third kappa shape index (κ3) is 5.20. The number of hydrogen-bond acceptors (Lipinski definition) is 5. The number of carbonyl (C=O) groups excluding carboxylic acids is 1. The van der Waals surface area contributed by atoms with E-state index in [4.69, 9.17) is 16.3 Å². The summed E-state index contributed by atoms with van der Waals surface area (Å²) in [7, 11) is 1.63. The maximum atomic E-state index is 13.0. The largest absolute Gasteiger partial charge is 0.497 e. The van der Waals surface area contributed by atoms with Gasteiger partial charge in [0.1, 0.15) is 5.75 Å². The Balaban J connectivity index is 1.40. The molecule has 5 rings (SSSR count). The lowest BCUT2D eigenvalue weighted by Gasteiger charge is -2.11. The molecule has 1 heterocycles. The second-order valence-corrected chi connectivity index (χ2v) is 9.38. The fourth-order valence-corrected chi connectivity index (χ4v) is 4.80. The lowest BCUT2D eigenvalue weighted by Crippen LogP contribution is -2.05. The maximum absolute atomic E-state index is 13.0. The highest BCUT2D eigenvalue weighted by Crippen LogP contribution is 2.31. The van der Waals surface area contributed by atoms with E-state index in [0.717, 1.165) is 28.1 Å². The van der Waals surface area contributed by atoms with Crippen molar-refractivity contribution in [3.05, 3.63) is 114 Å². The van der Waals surface area contributed by atoms with Gasteiger partial charge in [-0.05, 0) is 47.5 Å². The number of nitrogens with zero attached hydrogens (tertiary/aromatic N) is 3. The van der Waals surface area contributed by atoms with E-state index in [1.165, 1.54) is 11.8 Å². The normalized spacial score (nSPS) is 10.8. The highest BCUT2D eigenvalue weighted by Gasteiger charge is 2.18. The third-order valence-electron chi connectivity index (χ3n) is 5.69. The second-order valence-electron chi connectivity index (χ2n) is 8.01. The minimum Gasteiger partial charge on any atom is -0.497 e. The minimum absolute atomic E-state index is 0.0215. The Morgan fingerprint density at radius 3 is 2.25 bits per heavy atom. The lowest BCUT2D eigenvalue weighted by atomic mass is 10.0. The molecule has 0 unspecified atom stereocenters. The first-order valence-electron chi connectivity index (χ1n) is 11.3. The number of carbonyl (C=O) groups is 1. The van der Waals surface area contributed by atoms with E-state index in [1.54, 1.807) is 7.11 Å². The molecule has 0 aliphatic carbocycles. The molecule has 5 aromatic rings. The Kier molecular flexibility index (Phi) is 7.16. The van der Waals surface area contributed by atoms with Crippen molar-refractivity contribution in [3.8, 4) is 34.0 Å². The van der Waals surface area contributed by atoms with E-state index in [2.05, 4.69) is 22.3 Å². The average molecular weight is 512 g/mol. The molecule has 1 aromatic heterocycles. The van der Waals surface area contributed by atoms with Crippen molar-refractivity contribution < 1.29 is 9.53 Å². The number of methoxy groups -OCH3 is 1. The Labute approximate surface area is 218 Å². The SMILES string of the molecule is COc1cccc(-c2nnc(SCC(=O)c3ccc(-c4ccccc4)cc3)n2-c2ccc(Cl)cc2)c1. The first kappa shape index (κ1) is 23.9. The van der Waals surface area contributed by atoms with Gasteiger partial charge in [0, 0.05) is 21.8 Å². The van der Waals surface area contributed by atoms with Crippen molar-refractivity contribution in [1.29, 1.82) is 0 Å². The summed E-state index contributed by atoms with van der Waals surface area (Å²) in [5.41, 5.74) is 4.56. The van der Waals surface area contributed by atoms with E-state index < -0.39 is 0 Å². The number of ketones is 1. The van der Waals surface area contributed by atoms with Gasteiger partial charge >= 0.3 is 0 Å². The highest BCUT2D eigenvalue weighted by atomic mass is 35.5. The molecule has 0 aliphatic heterocycles. The molecule has 7 heteroatoms. The molecule has 0 bridgehead atoms. The molecule has 0 amide bonds. The van der Waals surface area contributed by atoms with Gasteiger partial charge in [0.05, 0.1) is 12.9 Å². The standard InChI is InChI=1S/C29H22ClN3O2S/c1-35-26-9-5-8-23(18-26)28-31-32-29(33(28)25-16-14-24(30)15-17-25)36-19-27(34)22-12-10-21(11-13-22)20-6-3-2-4-7-20/h2-18H,19H2,1H3. The van der Waals surface area contributed by atoms with Gasteiger partial charge in [-0.25, -0.2) is 0 Å². The summed E-state index contributed by atoms with van der Waals surface area (Å²) < 4.78 is 7.32. The molecular formula is C29H22ClN3O2S. The van der Waals surface area contributed by atoms with Crippen molar-refractivity contribution in [1.82, 2.24) is 14.8 Å². The molecule has 0 spiro atoms. The summed E-state index contributed by atoms with van der Waals surface area (Å²) in [6.45, 7) is 0. The first-order valence-corrected chi connectivity index (χ1v) is 12.7. The predicted molar refractivity (Wildman–Crippen MR) is 145 cm³/mol. The maximum Gasteiger partial charge on any atom is 0.196 e. The monoisotopic (exact) mass is 511 g/mol. The van der Waals surface area contributed by atoms with Crippen LogP contribution in [0.4, 0.5) is 0 Å². The number of benzene rings is 4. The first-order chi connectivity index (χ1) is 17.6. The zero-order valence-electron chi connectivity index (χ0n) is 19.5. The highest BCUT2D eigenvalue weighted by molar-refractivity contribution is 7.99. The molecule has 0 atom stereocenters. The Morgan fingerprint density at radius 1 is 0.833 bits per heavy atom. The topological polar surface area (TPSA) is 57.0 Å². The zero-order chi connectivity index (χ0) is 24.9. The number of halogens is 1. The van der Waals surface area contributed by atoms with Gasteiger partial charge in [0.15, 0.2) is 16.8 Å². The Bertz CT molecular complexity index is 1480. The number of rotatable bonds is 8. The summed E-state index contributed by atoms with van der Waals surface area (Å²) in [5.74, 6) is 1.63. The molecule has 0 N–H and O–H groups in total. The number of aromatic nitrogens is 3. The van der Waals surface area contributed by atoms with Gasteiger partial charge in [0.25, 0.3) is 0 Å². The average Bonchev–Trinajstić information content (AvgIpc) is 3.37. The zero-order valence-corrected chi connectivity index (χ0v) is 21.0. The van der Waals surface area contributed by atoms with E-state index in [1.807, 2.05) is 95.6 Å². The molecular weight excluding hydrogens is 490 g/mol. The summed E-state index contributed by atoms with van der Waals surface area (Å²) in [6, 6.07) is 32.9. The van der Waals surface area contributed by atoms with Crippen molar-refractivity contribution in [2.75, 3.05) is 12.9 Å². The minimum atomic E-state index is 0.0215. The van der Waals surface area contributed by atoms with E-state index in [9.17, 15) is 4.79 Å². The van der Waals surface area contributed by atoms with Gasteiger partial charge in [-0.3, -0.25) is 9.36 Å². The smallest absolute Gasteiger partial charge is 0.196 e. The number of ether oxygens (including phenoxy) is 1. The van der Waals surface area contributed by atoms with Crippen LogP contribution < -0.4 is 4.74 Å². The predicted octanol–water partition coefficient (Wildman–Crippen LogP) is 7.24. The summed E-state index contributed by atoms with van der Waals surface area (Å²) in [4.78, 5) is 13.0. The molecule has 36 heavy (non-hydrogen) atoms. The Hall–Kier alpha value is -3.87.